The molecule has 2 N–H and O–H groups in total. The van der Waals surface area contributed by atoms with Gasteiger partial charge in [0, 0.05) is 12.1 Å². The van der Waals surface area contributed by atoms with E-state index >= 15 is 0 Å². The van der Waals surface area contributed by atoms with Crippen LogP contribution in [0, 0.1) is 17.2 Å². The summed E-state index contributed by atoms with van der Waals surface area (Å²) in [5.41, 5.74) is 1.87. The molecule has 1 atom stereocenters. The molecule has 2 aromatic carbocycles. The molecule has 8 heteroatoms. The maximum Gasteiger partial charge on any atom is 0.251 e. The first kappa shape index (κ1) is 32.8. The van der Waals surface area contributed by atoms with Crippen LogP contribution in [0.25, 0.3) is 0 Å². The van der Waals surface area contributed by atoms with Crippen molar-refractivity contribution in [1.82, 2.24) is 10.6 Å². The molecule has 1 amide bonds. The number of rotatable bonds is 18. The summed E-state index contributed by atoms with van der Waals surface area (Å²) in [5, 5.41) is 16.8. The third kappa shape index (κ3) is 8.28. The van der Waals surface area contributed by atoms with Crippen molar-refractivity contribution in [2.24, 2.45) is 5.92 Å². The van der Waals surface area contributed by atoms with Crippen molar-refractivity contribution in [3.63, 3.8) is 0 Å². The van der Waals surface area contributed by atoms with Crippen LogP contribution in [-0.4, -0.2) is 54.0 Å². The predicted octanol–water partition coefficient (Wildman–Crippen LogP) is 5.67. The lowest BCUT2D eigenvalue weighted by Crippen LogP contribution is -2.31. The van der Waals surface area contributed by atoms with Crippen molar-refractivity contribution >= 4 is 5.91 Å². The van der Waals surface area contributed by atoms with E-state index in [9.17, 15) is 10.1 Å². The number of benzene rings is 2. The summed E-state index contributed by atoms with van der Waals surface area (Å²) in [6, 6.07) is 12.0. The smallest absolute Gasteiger partial charge is 0.251 e. The Morgan fingerprint density at radius 3 is 2.12 bits per heavy atom. The molecule has 0 aliphatic rings. The van der Waals surface area contributed by atoms with Gasteiger partial charge in [-0.05, 0) is 80.1 Å². The van der Waals surface area contributed by atoms with E-state index in [1.807, 2.05) is 24.3 Å². The molecule has 1 unspecified atom stereocenters. The van der Waals surface area contributed by atoms with Crippen molar-refractivity contribution in [2.75, 3.05) is 48.1 Å². The number of nitrogens with one attached hydrogen (secondary N) is 2. The zero-order valence-corrected chi connectivity index (χ0v) is 25.3. The summed E-state index contributed by atoms with van der Waals surface area (Å²) in [6.45, 7) is 8.46. The Morgan fingerprint density at radius 2 is 1.52 bits per heavy atom. The summed E-state index contributed by atoms with van der Waals surface area (Å²) >= 11 is 0. The summed E-state index contributed by atoms with van der Waals surface area (Å²) in [6.07, 6.45) is 5.21. The lowest BCUT2D eigenvalue weighted by Gasteiger charge is -2.32. The van der Waals surface area contributed by atoms with Gasteiger partial charge in [-0.25, -0.2) is 0 Å². The van der Waals surface area contributed by atoms with Crippen LogP contribution < -0.4 is 29.6 Å². The largest absolute Gasteiger partial charge is 0.493 e. The highest BCUT2D eigenvalue weighted by molar-refractivity contribution is 5.96. The summed E-state index contributed by atoms with van der Waals surface area (Å²) in [7, 11) is 6.39. The van der Waals surface area contributed by atoms with Crippen molar-refractivity contribution in [1.29, 1.82) is 5.26 Å². The van der Waals surface area contributed by atoms with E-state index in [4.69, 9.17) is 18.9 Å². The van der Waals surface area contributed by atoms with E-state index in [-0.39, 0.29) is 11.8 Å². The van der Waals surface area contributed by atoms with E-state index in [2.05, 4.69) is 37.5 Å². The molecule has 0 aliphatic carbocycles. The predicted molar refractivity (Wildman–Crippen MR) is 159 cm³/mol. The topological polar surface area (TPSA) is 102 Å². The van der Waals surface area contributed by atoms with Gasteiger partial charge in [0.05, 0.1) is 39.9 Å². The van der Waals surface area contributed by atoms with E-state index < -0.39 is 5.41 Å². The molecule has 0 spiro atoms. The summed E-state index contributed by atoms with van der Waals surface area (Å²) in [4.78, 5) is 12.9. The van der Waals surface area contributed by atoms with Gasteiger partial charge in [-0.3, -0.25) is 4.79 Å². The van der Waals surface area contributed by atoms with Gasteiger partial charge in [-0.2, -0.15) is 5.26 Å². The minimum Gasteiger partial charge on any atom is -0.493 e. The first-order valence-electron chi connectivity index (χ1n) is 14.2. The normalized spacial score (nSPS) is 12.4. The van der Waals surface area contributed by atoms with E-state index in [0.717, 1.165) is 49.8 Å². The van der Waals surface area contributed by atoms with Gasteiger partial charge in [-0.1, -0.05) is 39.7 Å². The highest BCUT2D eigenvalue weighted by Gasteiger charge is 2.36. The van der Waals surface area contributed by atoms with E-state index in [1.54, 1.807) is 34.5 Å². The standard InChI is InChI=1S/C32H47N3O5/c1-8-9-17-35-31(36)26-21-30(40-7)28(38-5)19-24(26)14-18-34-16-11-10-15-32(22-33,23(2)3)25-12-13-27(37-4)29(20-25)39-6/h12-13,19-21,23,34H,8-11,14-18H2,1-7H3,(H,35,36). The first-order valence-corrected chi connectivity index (χ1v) is 14.2. The molecule has 8 nitrogen and oxygen atoms in total. The number of methoxy groups -OCH3 is 4. The highest BCUT2D eigenvalue weighted by atomic mass is 16.5. The van der Waals surface area contributed by atoms with Gasteiger partial charge >= 0.3 is 0 Å². The Bertz CT molecular complexity index is 1130. The molecule has 0 heterocycles. The number of unbranched alkanes of at least 4 members (excludes halogenated alkanes) is 2. The number of hydrogen-bond acceptors (Lipinski definition) is 7. The molecule has 0 saturated heterocycles. The quantitative estimate of drug-likeness (QED) is 0.229. The van der Waals surface area contributed by atoms with Crippen molar-refractivity contribution in [3.05, 3.63) is 47.0 Å². The second-order valence-electron chi connectivity index (χ2n) is 10.2. The number of carbonyl (C=O) groups is 1. The van der Waals surface area contributed by atoms with Gasteiger partial charge in [0.25, 0.3) is 5.91 Å². The van der Waals surface area contributed by atoms with Gasteiger partial charge in [0.15, 0.2) is 23.0 Å². The highest BCUT2D eigenvalue weighted by Crippen LogP contribution is 2.40. The van der Waals surface area contributed by atoms with Crippen LogP contribution in [0.5, 0.6) is 23.0 Å². The average molecular weight is 554 g/mol. The Balaban J connectivity index is 2.00. The minimum atomic E-state index is -0.612. The Labute approximate surface area is 240 Å². The van der Waals surface area contributed by atoms with Crippen molar-refractivity contribution < 1.29 is 23.7 Å². The average Bonchev–Trinajstić information content (AvgIpc) is 2.97. The molecule has 0 fully saturated rings. The fourth-order valence-electron chi connectivity index (χ4n) is 4.94. The third-order valence-corrected chi connectivity index (χ3v) is 7.50. The Morgan fingerprint density at radius 1 is 0.875 bits per heavy atom. The maximum atomic E-state index is 12.9. The molecular weight excluding hydrogens is 506 g/mol. The van der Waals surface area contributed by atoms with E-state index in [0.29, 0.717) is 48.1 Å². The molecule has 0 radical (unpaired) electrons. The van der Waals surface area contributed by atoms with Crippen molar-refractivity contribution in [2.45, 2.75) is 64.7 Å². The molecule has 0 bridgehead atoms. The number of carbonyl (C=O) groups excluding carboxylic acids is 1. The van der Waals surface area contributed by atoms with Gasteiger partial charge < -0.3 is 29.6 Å². The molecule has 40 heavy (non-hydrogen) atoms. The molecular formula is C32H47N3O5. The summed E-state index contributed by atoms with van der Waals surface area (Å²) in [5.74, 6) is 2.48. The second-order valence-corrected chi connectivity index (χ2v) is 10.2. The molecule has 0 saturated carbocycles. The van der Waals surface area contributed by atoms with Crippen LogP contribution >= 0.6 is 0 Å². The SMILES string of the molecule is CCCCNC(=O)c1cc(OC)c(OC)cc1CCNCCCCC(C#N)(c1ccc(OC)c(OC)c1)C(C)C. The number of ether oxygens (including phenoxy) is 4. The van der Waals surface area contributed by atoms with Crippen LogP contribution in [0.3, 0.4) is 0 Å². The fraction of sp³-hybridized carbons (Fsp3) is 0.562. The monoisotopic (exact) mass is 553 g/mol. The number of nitriles is 1. The Hall–Kier alpha value is -3.44. The zero-order chi connectivity index (χ0) is 29.5. The van der Waals surface area contributed by atoms with E-state index in [1.165, 1.54) is 0 Å². The molecule has 2 rings (SSSR count). The zero-order valence-electron chi connectivity index (χ0n) is 25.3. The van der Waals surface area contributed by atoms with Gasteiger partial charge in [-0.15, -0.1) is 0 Å². The van der Waals surface area contributed by atoms with Crippen LogP contribution in [0.15, 0.2) is 30.3 Å². The van der Waals surface area contributed by atoms with Crippen LogP contribution in [0.4, 0.5) is 0 Å². The number of nitrogens with zero attached hydrogens (tertiary/aromatic N) is 1. The lowest BCUT2D eigenvalue weighted by atomic mass is 9.69. The summed E-state index contributed by atoms with van der Waals surface area (Å²) < 4.78 is 21.8. The minimum absolute atomic E-state index is 0.0962. The third-order valence-electron chi connectivity index (χ3n) is 7.50. The number of amides is 1. The molecule has 220 valence electrons. The number of hydrogen-bond donors (Lipinski definition) is 2. The fourth-order valence-corrected chi connectivity index (χ4v) is 4.94. The van der Waals surface area contributed by atoms with Crippen LogP contribution in [0.2, 0.25) is 0 Å². The van der Waals surface area contributed by atoms with Crippen LogP contribution in [0.1, 0.15) is 74.4 Å². The van der Waals surface area contributed by atoms with Crippen LogP contribution in [-0.2, 0) is 11.8 Å². The second kappa shape index (κ2) is 16.6. The van der Waals surface area contributed by atoms with Gasteiger partial charge in [0.1, 0.15) is 0 Å². The van der Waals surface area contributed by atoms with Gasteiger partial charge in [0.2, 0.25) is 0 Å². The Kier molecular flexibility index (Phi) is 13.6. The molecule has 0 aromatic heterocycles. The maximum absolute atomic E-state index is 12.9. The first-order chi connectivity index (χ1) is 19.3. The lowest BCUT2D eigenvalue weighted by molar-refractivity contribution is 0.0951. The molecule has 2 aromatic rings. The van der Waals surface area contributed by atoms with Crippen molar-refractivity contribution in [3.8, 4) is 29.1 Å². The molecule has 0 aliphatic heterocycles.